The predicted octanol–water partition coefficient (Wildman–Crippen LogP) is 2.08. The molecule has 4 bridgehead atoms. The molecule has 3 N–H and O–H groups in total. The largest absolute Gasteiger partial charge is 0.326 e. The van der Waals surface area contributed by atoms with Crippen LogP contribution >= 0.6 is 0 Å². The third-order valence-electron chi connectivity index (χ3n) is 5.99. The third kappa shape index (κ3) is 1.77. The Labute approximate surface area is 119 Å². The number of nitrogens with one attached hydrogen (secondary N) is 1. The van der Waals surface area contributed by atoms with Crippen LogP contribution in [-0.4, -0.2) is 9.97 Å². The minimum absolute atomic E-state index is 0.0243. The highest BCUT2D eigenvalue weighted by molar-refractivity contribution is 5.19. The Morgan fingerprint density at radius 2 is 1.75 bits per heavy atom. The zero-order valence-corrected chi connectivity index (χ0v) is 12.1. The van der Waals surface area contributed by atoms with Gasteiger partial charge >= 0.3 is 0 Å². The van der Waals surface area contributed by atoms with Gasteiger partial charge in [0.1, 0.15) is 5.82 Å². The second-order valence-electron chi connectivity index (χ2n) is 7.18. The Hall–Kier alpha value is -1.16. The molecule has 0 saturated heterocycles. The quantitative estimate of drug-likeness (QED) is 0.866. The summed E-state index contributed by atoms with van der Waals surface area (Å²) >= 11 is 0. The topological polar surface area (TPSA) is 71.8 Å². The summed E-state index contributed by atoms with van der Waals surface area (Å²) in [5.74, 6) is 4.82. The SMILES string of the molecule is Cc1nc(C2C3CC4CC(C3)CC2C4)[nH]c(=O)c1CN. The summed E-state index contributed by atoms with van der Waals surface area (Å²) in [6.45, 7) is 2.19. The standard InChI is InChI=1S/C16H23N3O/c1-8-13(7-17)16(20)19-15(18-8)14-11-3-9-2-10(5-11)6-12(14)4-9/h9-12,14H,2-7,17H2,1H3,(H,18,19,20). The van der Waals surface area contributed by atoms with Crippen molar-refractivity contribution in [2.45, 2.75) is 51.5 Å². The summed E-state index contributed by atoms with van der Waals surface area (Å²) in [5, 5.41) is 0. The van der Waals surface area contributed by atoms with E-state index in [1.165, 1.54) is 32.1 Å². The van der Waals surface area contributed by atoms with Crippen LogP contribution in [0.4, 0.5) is 0 Å². The summed E-state index contributed by atoms with van der Waals surface area (Å²) in [6, 6.07) is 0. The number of aryl methyl sites for hydroxylation is 1. The summed E-state index contributed by atoms with van der Waals surface area (Å²) < 4.78 is 0. The van der Waals surface area contributed by atoms with E-state index in [1.54, 1.807) is 0 Å². The summed E-state index contributed by atoms with van der Waals surface area (Å²) in [5.41, 5.74) is 7.07. The van der Waals surface area contributed by atoms with Crippen molar-refractivity contribution in [2.24, 2.45) is 29.4 Å². The number of aromatic nitrogens is 2. The van der Waals surface area contributed by atoms with Crippen molar-refractivity contribution in [1.82, 2.24) is 9.97 Å². The molecule has 4 fully saturated rings. The van der Waals surface area contributed by atoms with Gasteiger partial charge in [-0.05, 0) is 62.7 Å². The molecule has 0 aromatic carbocycles. The van der Waals surface area contributed by atoms with Gasteiger partial charge in [0.15, 0.2) is 0 Å². The maximum Gasteiger partial charge on any atom is 0.255 e. The molecule has 5 rings (SSSR count). The van der Waals surface area contributed by atoms with E-state index in [0.29, 0.717) is 11.5 Å². The van der Waals surface area contributed by atoms with Gasteiger partial charge in [0.05, 0.1) is 5.56 Å². The lowest BCUT2D eigenvalue weighted by atomic mass is 9.51. The number of aromatic amines is 1. The van der Waals surface area contributed by atoms with E-state index >= 15 is 0 Å². The first-order chi connectivity index (χ1) is 9.65. The molecule has 0 amide bonds. The van der Waals surface area contributed by atoms with Gasteiger partial charge in [-0.3, -0.25) is 4.79 Å². The number of hydrogen-bond donors (Lipinski definition) is 2. The van der Waals surface area contributed by atoms with Gasteiger partial charge < -0.3 is 10.7 Å². The van der Waals surface area contributed by atoms with E-state index in [9.17, 15) is 4.79 Å². The van der Waals surface area contributed by atoms with E-state index < -0.39 is 0 Å². The van der Waals surface area contributed by atoms with Crippen LogP contribution < -0.4 is 11.3 Å². The van der Waals surface area contributed by atoms with Crippen LogP contribution in [0.15, 0.2) is 4.79 Å². The molecule has 4 saturated carbocycles. The van der Waals surface area contributed by atoms with Crippen LogP contribution in [0.3, 0.4) is 0 Å². The lowest BCUT2D eigenvalue weighted by molar-refractivity contribution is -0.00579. The fourth-order valence-corrected chi connectivity index (χ4v) is 5.40. The Kier molecular flexibility index (Phi) is 2.78. The molecule has 20 heavy (non-hydrogen) atoms. The molecule has 0 atom stereocenters. The molecule has 0 spiro atoms. The molecule has 1 aromatic heterocycles. The van der Waals surface area contributed by atoms with E-state index in [4.69, 9.17) is 10.7 Å². The van der Waals surface area contributed by atoms with Crippen LogP contribution in [0.1, 0.15) is 55.1 Å². The zero-order valence-electron chi connectivity index (χ0n) is 12.1. The van der Waals surface area contributed by atoms with Crippen molar-refractivity contribution in [3.8, 4) is 0 Å². The minimum Gasteiger partial charge on any atom is -0.326 e. The Morgan fingerprint density at radius 3 is 2.25 bits per heavy atom. The Balaban J connectivity index is 1.73. The van der Waals surface area contributed by atoms with Gasteiger partial charge in [-0.15, -0.1) is 0 Å². The van der Waals surface area contributed by atoms with Gasteiger partial charge in [0.25, 0.3) is 5.56 Å². The molecule has 4 aliphatic carbocycles. The molecule has 0 radical (unpaired) electrons. The average molecular weight is 273 g/mol. The van der Waals surface area contributed by atoms with Crippen molar-refractivity contribution in [1.29, 1.82) is 0 Å². The van der Waals surface area contributed by atoms with Crippen LogP contribution in [0.2, 0.25) is 0 Å². The fourth-order valence-electron chi connectivity index (χ4n) is 5.40. The molecular formula is C16H23N3O. The van der Waals surface area contributed by atoms with Crippen LogP contribution in [-0.2, 0) is 6.54 Å². The van der Waals surface area contributed by atoms with E-state index in [0.717, 1.165) is 35.2 Å². The van der Waals surface area contributed by atoms with Gasteiger partial charge in [0, 0.05) is 18.2 Å². The van der Waals surface area contributed by atoms with Crippen LogP contribution in [0.25, 0.3) is 0 Å². The van der Waals surface area contributed by atoms with Gasteiger partial charge in [-0.1, -0.05) is 0 Å². The maximum absolute atomic E-state index is 12.2. The first-order valence-corrected chi connectivity index (χ1v) is 7.95. The smallest absolute Gasteiger partial charge is 0.255 e. The van der Waals surface area contributed by atoms with Crippen molar-refractivity contribution in [3.05, 3.63) is 27.4 Å². The molecule has 108 valence electrons. The normalized spacial score (nSPS) is 38.4. The summed E-state index contributed by atoms with van der Waals surface area (Å²) in [7, 11) is 0. The molecule has 4 heteroatoms. The molecular weight excluding hydrogens is 250 g/mol. The number of nitrogens with two attached hydrogens (primary N) is 1. The van der Waals surface area contributed by atoms with Crippen molar-refractivity contribution in [3.63, 3.8) is 0 Å². The average Bonchev–Trinajstić information content (AvgIpc) is 2.37. The van der Waals surface area contributed by atoms with Gasteiger partial charge in [-0.2, -0.15) is 0 Å². The summed E-state index contributed by atoms with van der Waals surface area (Å²) in [6.07, 6.45) is 6.84. The highest BCUT2D eigenvalue weighted by atomic mass is 16.1. The van der Waals surface area contributed by atoms with Crippen molar-refractivity contribution in [2.75, 3.05) is 0 Å². The van der Waals surface area contributed by atoms with Gasteiger partial charge in [-0.25, -0.2) is 4.98 Å². The van der Waals surface area contributed by atoms with Crippen molar-refractivity contribution >= 4 is 0 Å². The Morgan fingerprint density at radius 1 is 1.15 bits per heavy atom. The maximum atomic E-state index is 12.2. The number of nitrogens with zero attached hydrogens (tertiary/aromatic N) is 1. The third-order valence-corrected chi connectivity index (χ3v) is 5.99. The second kappa shape index (κ2) is 4.42. The monoisotopic (exact) mass is 273 g/mol. The fraction of sp³-hybridized carbons (Fsp3) is 0.750. The second-order valence-corrected chi connectivity index (χ2v) is 7.18. The molecule has 1 heterocycles. The number of H-pyrrole nitrogens is 1. The zero-order chi connectivity index (χ0) is 13.9. The molecule has 4 aliphatic rings. The number of hydrogen-bond acceptors (Lipinski definition) is 3. The first kappa shape index (κ1) is 12.6. The van der Waals surface area contributed by atoms with Gasteiger partial charge in [0.2, 0.25) is 0 Å². The first-order valence-electron chi connectivity index (χ1n) is 7.95. The molecule has 4 nitrogen and oxygen atoms in total. The molecule has 1 aromatic rings. The lowest BCUT2D eigenvalue weighted by Crippen LogP contribution is -2.44. The minimum atomic E-state index is -0.0243. The van der Waals surface area contributed by atoms with Crippen LogP contribution in [0, 0.1) is 30.6 Å². The number of rotatable bonds is 2. The predicted molar refractivity (Wildman–Crippen MR) is 77.3 cm³/mol. The lowest BCUT2D eigenvalue weighted by Gasteiger charge is -2.54. The van der Waals surface area contributed by atoms with E-state index in [1.807, 2.05) is 6.92 Å². The van der Waals surface area contributed by atoms with E-state index in [-0.39, 0.29) is 12.1 Å². The van der Waals surface area contributed by atoms with Crippen LogP contribution in [0.5, 0.6) is 0 Å². The molecule has 0 unspecified atom stereocenters. The highest BCUT2D eigenvalue weighted by Crippen LogP contribution is 2.59. The summed E-state index contributed by atoms with van der Waals surface area (Å²) in [4.78, 5) is 19.9. The highest BCUT2D eigenvalue weighted by Gasteiger charge is 2.49. The van der Waals surface area contributed by atoms with E-state index in [2.05, 4.69) is 4.98 Å². The van der Waals surface area contributed by atoms with Crippen molar-refractivity contribution < 1.29 is 0 Å². The Bertz CT molecular complexity index is 564. The molecule has 0 aliphatic heterocycles.